The molecule has 1 fully saturated rings. The van der Waals surface area contributed by atoms with Crippen LogP contribution in [0.1, 0.15) is 23.2 Å². The molecule has 6 nitrogen and oxygen atoms in total. The Bertz CT molecular complexity index is 754. The molecule has 6 heteroatoms. The van der Waals surface area contributed by atoms with Gasteiger partial charge in [0, 0.05) is 32.0 Å². The molecule has 0 bridgehead atoms. The van der Waals surface area contributed by atoms with Gasteiger partial charge in [0.1, 0.15) is 11.4 Å². The van der Waals surface area contributed by atoms with E-state index in [-0.39, 0.29) is 11.5 Å². The molecule has 1 N–H and O–H groups in total. The Morgan fingerprint density at radius 1 is 1.33 bits per heavy atom. The Morgan fingerprint density at radius 2 is 2.08 bits per heavy atom. The molecule has 24 heavy (non-hydrogen) atoms. The molecule has 1 aromatic heterocycles. The normalized spacial score (nSPS) is 13.7. The number of carbonyl (C=O) groups is 1. The number of aromatic nitrogens is 2. The van der Waals surface area contributed by atoms with Gasteiger partial charge in [0.15, 0.2) is 0 Å². The molecule has 1 heterocycles. The van der Waals surface area contributed by atoms with E-state index in [1.54, 1.807) is 12.0 Å². The summed E-state index contributed by atoms with van der Waals surface area (Å²) in [5.74, 6) is 0.719. The first-order chi connectivity index (χ1) is 11.7. The first-order valence-electron chi connectivity index (χ1n) is 8.12. The number of methoxy groups -OCH3 is 1. The van der Waals surface area contributed by atoms with Gasteiger partial charge in [-0.25, -0.2) is 4.98 Å². The number of hydrogen-bond acceptors (Lipinski definition) is 4. The van der Waals surface area contributed by atoms with E-state index in [0.29, 0.717) is 31.4 Å². The van der Waals surface area contributed by atoms with Gasteiger partial charge in [-0.15, -0.1) is 0 Å². The van der Waals surface area contributed by atoms with Gasteiger partial charge in [-0.05, 0) is 18.8 Å². The summed E-state index contributed by atoms with van der Waals surface area (Å²) in [6.07, 6.45) is 3.65. The lowest BCUT2D eigenvalue weighted by atomic mass is 10.2. The number of amides is 1. The molecule has 126 valence electrons. The average molecular weight is 327 g/mol. The van der Waals surface area contributed by atoms with Crippen molar-refractivity contribution in [3.8, 4) is 11.4 Å². The summed E-state index contributed by atoms with van der Waals surface area (Å²) in [7, 11) is 1.60. The number of ether oxygens (including phenoxy) is 1. The Balaban J connectivity index is 1.81. The lowest BCUT2D eigenvalue weighted by molar-refractivity contribution is 0.0684. The summed E-state index contributed by atoms with van der Waals surface area (Å²) in [6.45, 7) is 1.60. The number of H-pyrrole nitrogens is 1. The molecule has 1 aliphatic carbocycles. The van der Waals surface area contributed by atoms with Gasteiger partial charge in [-0.2, -0.15) is 0 Å². The van der Waals surface area contributed by atoms with Crippen molar-refractivity contribution in [1.29, 1.82) is 0 Å². The van der Waals surface area contributed by atoms with Crippen molar-refractivity contribution in [1.82, 2.24) is 14.9 Å². The molecule has 0 unspecified atom stereocenters. The predicted octanol–water partition coefficient (Wildman–Crippen LogP) is 1.94. The average Bonchev–Trinajstić information content (AvgIpc) is 3.43. The van der Waals surface area contributed by atoms with Crippen LogP contribution in [0, 0.1) is 5.92 Å². The molecule has 0 saturated heterocycles. The van der Waals surface area contributed by atoms with Crippen LogP contribution in [0.5, 0.6) is 0 Å². The maximum atomic E-state index is 12.7. The van der Waals surface area contributed by atoms with E-state index in [2.05, 4.69) is 9.97 Å². The Hall–Kier alpha value is -2.47. The van der Waals surface area contributed by atoms with Crippen molar-refractivity contribution in [2.24, 2.45) is 5.92 Å². The molecule has 0 spiro atoms. The van der Waals surface area contributed by atoms with Gasteiger partial charge in [0.2, 0.25) is 0 Å². The largest absolute Gasteiger partial charge is 0.383 e. The maximum Gasteiger partial charge on any atom is 0.264 e. The highest BCUT2D eigenvalue weighted by atomic mass is 16.5. The molecule has 3 rings (SSSR count). The number of aromatic amines is 1. The minimum atomic E-state index is -0.410. The first kappa shape index (κ1) is 16.4. The number of hydrogen-bond donors (Lipinski definition) is 1. The third-order valence-electron chi connectivity index (χ3n) is 4.10. The van der Waals surface area contributed by atoms with Crippen molar-refractivity contribution in [2.45, 2.75) is 12.8 Å². The van der Waals surface area contributed by atoms with Crippen molar-refractivity contribution in [3.05, 3.63) is 52.4 Å². The number of rotatable bonds is 7. The van der Waals surface area contributed by atoms with Gasteiger partial charge < -0.3 is 14.6 Å². The second-order valence-electron chi connectivity index (χ2n) is 6.03. The second-order valence-corrected chi connectivity index (χ2v) is 6.03. The second kappa shape index (κ2) is 7.40. The third kappa shape index (κ3) is 3.89. The summed E-state index contributed by atoms with van der Waals surface area (Å²) in [5.41, 5.74) is 0.473. The lowest BCUT2D eigenvalue weighted by Crippen LogP contribution is -2.38. The molecule has 0 atom stereocenters. The van der Waals surface area contributed by atoms with E-state index < -0.39 is 5.56 Å². The van der Waals surface area contributed by atoms with Crippen molar-refractivity contribution >= 4 is 5.91 Å². The first-order valence-corrected chi connectivity index (χ1v) is 8.12. The van der Waals surface area contributed by atoms with Crippen LogP contribution in [0.2, 0.25) is 0 Å². The maximum absolute atomic E-state index is 12.7. The zero-order valence-electron chi connectivity index (χ0n) is 13.7. The molecule has 2 aromatic rings. The Kier molecular flexibility index (Phi) is 5.05. The van der Waals surface area contributed by atoms with Crippen LogP contribution in [0.3, 0.4) is 0 Å². The van der Waals surface area contributed by atoms with Crippen LogP contribution in [0.25, 0.3) is 11.4 Å². The van der Waals surface area contributed by atoms with Crippen LogP contribution >= 0.6 is 0 Å². The molecular weight excluding hydrogens is 306 g/mol. The number of nitrogens with one attached hydrogen (secondary N) is 1. The minimum absolute atomic E-state index is 0.0754. The van der Waals surface area contributed by atoms with E-state index in [1.165, 1.54) is 6.20 Å². The highest BCUT2D eigenvalue weighted by Gasteiger charge is 2.28. The fraction of sp³-hybridized carbons (Fsp3) is 0.389. The van der Waals surface area contributed by atoms with E-state index in [1.807, 2.05) is 30.3 Å². The quantitative estimate of drug-likeness (QED) is 0.843. The lowest BCUT2D eigenvalue weighted by Gasteiger charge is -2.21. The summed E-state index contributed by atoms with van der Waals surface area (Å²) in [6, 6.07) is 9.35. The topological polar surface area (TPSA) is 75.3 Å². The zero-order chi connectivity index (χ0) is 16.9. The van der Waals surface area contributed by atoms with E-state index in [9.17, 15) is 9.59 Å². The van der Waals surface area contributed by atoms with Gasteiger partial charge in [0.25, 0.3) is 11.5 Å². The Labute approximate surface area is 140 Å². The smallest absolute Gasteiger partial charge is 0.264 e. The Morgan fingerprint density at radius 3 is 2.71 bits per heavy atom. The highest BCUT2D eigenvalue weighted by molar-refractivity contribution is 5.93. The summed E-state index contributed by atoms with van der Waals surface area (Å²) in [5, 5.41) is 0. The van der Waals surface area contributed by atoms with E-state index >= 15 is 0 Å². The van der Waals surface area contributed by atoms with Crippen molar-refractivity contribution < 1.29 is 9.53 Å². The number of benzene rings is 1. The fourth-order valence-corrected chi connectivity index (χ4v) is 2.55. The van der Waals surface area contributed by atoms with Gasteiger partial charge in [0.05, 0.1) is 6.61 Å². The van der Waals surface area contributed by atoms with Crippen LogP contribution in [0.4, 0.5) is 0 Å². The highest BCUT2D eigenvalue weighted by Crippen LogP contribution is 2.30. The molecule has 1 saturated carbocycles. The monoisotopic (exact) mass is 327 g/mol. The SMILES string of the molecule is COCCN(CC1CC1)C(=O)c1cnc(-c2ccccc2)[nH]c1=O. The summed E-state index contributed by atoms with van der Waals surface area (Å²) < 4.78 is 5.07. The number of carbonyl (C=O) groups excluding carboxylic acids is 1. The minimum Gasteiger partial charge on any atom is -0.383 e. The summed E-state index contributed by atoms with van der Waals surface area (Å²) >= 11 is 0. The van der Waals surface area contributed by atoms with Crippen LogP contribution in [0.15, 0.2) is 41.3 Å². The zero-order valence-corrected chi connectivity index (χ0v) is 13.7. The molecule has 1 aromatic carbocycles. The third-order valence-corrected chi connectivity index (χ3v) is 4.10. The van der Waals surface area contributed by atoms with Crippen LogP contribution in [-0.2, 0) is 4.74 Å². The van der Waals surface area contributed by atoms with Gasteiger partial charge in [-0.3, -0.25) is 9.59 Å². The summed E-state index contributed by atoms with van der Waals surface area (Å²) in [4.78, 5) is 33.7. The molecule has 0 radical (unpaired) electrons. The predicted molar refractivity (Wildman–Crippen MR) is 90.8 cm³/mol. The van der Waals surface area contributed by atoms with Gasteiger partial charge >= 0.3 is 0 Å². The fourth-order valence-electron chi connectivity index (χ4n) is 2.55. The molecule has 0 aliphatic heterocycles. The van der Waals surface area contributed by atoms with Crippen LogP contribution < -0.4 is 5.56 Å². The van der Waals surface area contributed by atoms with Crippen molar-refractivity contribution in [3.63, 3.8) is 0 Å². The molecule has 1 aliphatic rings. The van der Waals surface area contributed by atoms with Gasteiger partial charge in [-0.1, -0.05) is 30.3 Å². The van der Waals surface area contributed by atoms with Crippen molar-refractivity contribution in [2.75, 3.05) is 26.8 Å². The van der Waals surface area contributed by atoms with E-state index in [4.69, 9.17) is 4.74 Å². The standard InChI is InChI=1S/C18H21N3O3/c1-24-10-9-21(12-13-7-8-13)18(23)15-11-19-16(20-17(15)22)14-5-3-2-4-6-14/h2-6,11,13H,7-10,12H2,1H3,(H,19,20,22). The number of nitrogens with zero attached hydrogens (tertiary/aromatic N) is 2. The van der Waals surface area contributed by atoms with Crippen LogP contribution in [-0.4, -0.2) is 47.6 Å². The molecular formula is C18H21N3O3. The van der Waals surface area contributed by atoms with E-state index in [0.717, 1.165) is 18.4 Å². The molecule has 1 amide bonds.